The van der Waals surface area contributed by atoms with Gasteiger partial charge in [0.2, 0.25) is 5.91 Å². The molecule has 0 saturated carbocycles. The summed E-state index contributed by atoms with van der Waals surface area (Å²) in [7, 11) is 0. The number of aliphatic carboxylic acids is 1. The SMILES string of the molecule is CC(C)C(NC(N)=O)C(=O)N1CCCC[C@H]1C(=O)O. The summed E-state index contributed by atoms with van der Waals surface area (Å²) in [6.07, 6.45) is 2.01. The average Bonchev–Trinajstić information content (AvgIpc) is 2.34. The summed E-state index contributed by atoms with van der Waals surface area (Å²) in [5.41, 5.74) is 5.06. The maximum Gasteiger partial charge on any atom is 0.326 e. The molecule has 1 rings (SSSR count). The minimum Gasteiger partial charge on any atom is -0.480 e. The molecular formula is C12H21N3O4. The molecule has 3 amide bonds. The van der Waals surface area contributed by atoms with Crippen LogP contribution in [0.5, 0.6) is 0 Å². The molecule has 19 heavy (non-hydrogen) atoms. The summed E-state index contributed by atoms with van der Waals surface area (Å²) in [6.45, 7) is 3.95. The number of nitrogens with two attached hydrogens (primary N) is 1. The number of hydrogen-bond donors (Lipinski definition) is 3. The summed E-state index contributed by atoms with van der Waals surface area (Å²) < 4.78 is 0. The highest BCUT2D eigenvalue weighted by Crippen LogP contribution is 2.19. The van der Waals surface area contributed by atoms with Crippen LogP contribution in [0.3, 0.4) is 0 Å². The lowest BCUT2D eigenvalue weighted by atomic mass is 9.97. The lowest BCUT2D eigenvalue weighted by molar-refractivity contribution is -0.153. The van der Waals surface area contributed by atoms with Gasteiger partial charge in [-0.05, 0) is 25.2 Å². The van der Waals surface area contributed by atoms with Crippen molar-refractivity contribution in [2.75, 3.05) is 6.54 Å². The van der Waals surface area contributed by atoms with Crippen LogP contribution in [0.15, 0.2) is 0 Å². The van der Waals surface area contributed by atoms with Gasteiger partial charge in [0, 0.05) is 6.54 Å². The molecule has 0 aromatic rings. The van der Waals surface area contributed by atoms with Crippen LogP contribution in [0, 0.1) is 5.92 Å². The smallest absolute Gasteiger partial charge is 0.326 e. The number of carbonyl (C=O) groups excluding carboxylic acids is 2. The molecule has 1 unspecified atom stereocenters. The molecule has 0 radical (unpaired) electrons. The van der Waals surface area contributed by atoms with E-state index in [4.69, 9.17) is 10.8 Å². The van der Waals surface area contributed by atoms with Gasteiger partial charge in [-0.15, -0.1) is 0 Å². The lowest BCUT2D eigenvalue weighted by Gasteiger charge is -2.36. The number of nitrogens with one attached hydrogen (secondary N) is 1. The van der Waals surface area contributed by atoms with Crippen molar-refractivity contribution in [1.82, 2.24) is 10.2 Å². The van der Waals surface area contributed by atoms with E-state index in [1.165, 1.54) is 4.90 Å². The van der Waals surface area contributed by atoms with Crippen LogP contribution in [0.4, 0.5) is 4.79 Å². The number of amides is 3. The van der Waals surface area contributed by atoms with Gasteiger partial charge in [-0.3, -0.25) is 4.79 Å². The molecule has 2 atom stereocenters. The number of likely N-dealkylation sites (tertiary alicyclic amines) is 1. The first-order valence-corrected chi connectivity index (χ1v) is 6.43. The molecule has 7 nitrogen and oxygen atoms in total. The summed E-state index contributed by atoms with van der Waals surface area (Å²) in [4.78, 5) is 35.8. The predicted molar refractivity (Wildman–Crippen MR) is 68.3 cm³/mol. The molecule has 0 spiro atoms. The molecule has 0 aliphatic carbocycles. The second-order valence-corrected chi connectivity index (χ2v) is 5.11. The number of carboxylic acid groups (broad SMARTS) is 1. The first-order valence-electron chi connectivity index (χ1n) is 6.43. The van der Waals surface area contributed by atoms with Gasteiger partial charge in [-0.25, -0.2) is 9.59 Å². The molecule has 1 fully saturated rings. The summed E-state index contributed by atoms with van der Waals surface area (Å²) >= 11 is 0. The van der Waals surface area contributed by atoms with Crippen molar-refractivity contribution < 1.29 is 19.5 Å². The predicted octanol–water partition coefficient (Wildman–Crippen LogP) is 0.145. The van der Waals surface area contributed by atoms with Crippen molar-refractivity contribution in [2.24, 2.45) is 11.7 Å². The maximum absolute atomic E-state index is 12.4. The van der Waals surface area contributed by atoms with Crippen molar-refractivity contribution in [3.8, 4) is 0 Å². The third kappa shape index (κ3) is 3.84. The number of nitrogens with zero attached hydrogens (tertiary/aromatic N) is 1. The van der Waals surface area contributed by atoms with Crippen molar-refractivity contribution in [1.29, 1.82) is 0 Å². The fourth-order valence-electron chi connectivity index (χ4n) is 2.30. The summed E-state index contributed by atoms with van der Waals surface area (Å²) in [5, 5.41) is 11.5. The van der Waals surface area contributed by atoms with Gasteiger partial charge in [-0.1, -0.05) is 13.8 Å². The highest BCUT2D eigenvalue weighted by Gasteiger charge is 2.36. The van der Waals surface area contributed by atoms with Crippen LogP contribution >= 0.6 is 0 Å². The van der Waals surface area contributed by atoms with E-state index < -0.39 is 24.1 Å². The Labute approximate surface area is 112 Å². The molecule has 7 heteroatoms. The van der Waals surface area contributed by atoms with Crippen molar-refractivity contribution in [3.05, 3.63) is 0 Å². The number of urea groups is 1. The molecule has 1 aliphatic heterocycles. The minimum absolute atomic E-state index is 0.156. The Morgan fingerprint density at radius 3 is 2.42 bits per heavy atom. The van der Waals surface area contributed by atoms with E-state index in [2.05, 4.69) is 5.32 Å². The molecule has 1 aliphatic rings. The minimum atomic E-state index is -1.00. The van der Waals surface area contributed by atoms with Crippen LogP contribution in [0.25, 0.3) is 0 Å². The molecule has 0 aromatic carbocycles. The van der Waals surface area contributed by atoms with Crippen LogP contribution < -0.4 is 11.1 Å². The van der Waals surface area contributed by atoms with Crippen LogP contribution in [0.1, 0.15) is 33.1 Å². The van der Waals surface area contributed by atoms with Gasteiger partial charge >= 0.3 is 12.0 Å². The topological polar surface area (TPSA) is 113 Å². The number of carbonyl (C=O) groups is 3. The fraction of sp³-hybridized carbons (Fsp3) is 0.750. The second kappa shape index (κ2) is 6.40. The van der Waals surface area contributed by atoms with Gasteiger partial charge in [-0.2, -0.15) is 0 Å². The Morgan fingerprint density at radius 2 is 1.95 bits per heavy atom. The van der Waals surface area contributed by atoms with Gasteiger partial charge in [0.25, 0.3) is 0 Å². The Balaban J connectivity index is 2.87. The van der Waals surface area contributed by atoms with E-state index in [-0.39, 0.29) is 11.8 Å². The number of carboxylic acids is 1. The molecule has 1 heterocycles. The molecule has 108 valence electrons. The zero-order chi connectivity index (χ0) is 14.6. The molecule has 1 saturated heterocycles. The Kier molecular flexibility index (Phi) is 5.14. The average molecular weight is 271 g/mol. The quantitative estimate of drug-likeness (QED) is 0.675. The van der Waals surface area contributed by atoms with E-state index in [9.17, 15) is 14.4 Å². The first-order chi connectivity index (χ1) is 8.84. The third-order valence-corrected chi connectivity index (χ3v) is 3.30. The normalized spacial score (nSPS) is 21.0. The van der Waals surface area contributed by atoms with Crippen molar-refractivity contribution in [2.45, 2.75) is 45.2 Å². The highest BCUT2D eigenvalue weighted by molar-refractivity contribution is 5.90. The van der Waals surface area contributed by atoms with E-state index in [0.717, 1.165) is 12.8 Å². The molecule has 0 aromatic heterocycles. The van der Waals surface area contributed by atoms with Crippen molar-refractivity contribution in [3.63, 3.8) is 0 Å². The first kappa shape index (κ1) is 15.3. The van der Waals surface area contributed by atoms with Gasteiger partial charge in [0.15, 0.2) is 0 Å². The Hall–Kier alpha value is -1.79. The van der Waals surface area contributed by atoms with Gasteiger partial charge < -0.3 is 21.1 Å². The van der Waals surface area contributed by atoms with E-state index in [1.807, 2.05) is 0 Å². The standard InChI is InChI=1S/C12H21N3O4/c1-7(2)9(14-12(13)19)10(16)15-6-4-3-5-8(15)11(17)18/h7-9H,3-6H2,1-2H3,(H,17,18)(H3,13,14,19)/t8-,9?/m0/s1. The Morgan fingerprint density at radius 1 is 1.32 bits per heavy atom. The zero-order valence-electron chi connectivity index (χ0n) is 11.3. The molecule has 0 bridgehead atoms. The number of piperidine rings is 1. The van der Waals surface area contributed by atoms with E-state index in [1.54, 1.807) is 13.8 Å². The molecular weight excluding hydrogens is 250 g/mol. The van der Waals surface area contributed by atoms with Gasteiger partial charge in [0.05, 0.1) is 0 Å². The summed E-state index contributed by atoms with van der Waals surface area (Å²) in [5.74, 6) is -1.54. The Bertz CT molecular complexity index is 370. The maximum atomic E-state index is 12.4. The fourth-order valence-corrected chi connectivity index (χ4v) is 2.30. The summed E-state index contributed by atoms with van der Waals surface area (Å²) in [6, 6.07) is -2.37. The number of rotatable bonds is 4. The largest absolute Gasteiger partial charge is 0.480 e. The highest BCUT2D eigenvalue weighted by atomic mass is 16.4. The monoisotopic (exact) mass is 271 g/mol. The van der Waals surface area contributed by atoms with Crippen LogP contribution in [-0.2, 0) is 9.59 Å². The van der Waals surface area contributed by atoms with E-state index in [0.29, 0.717) is 13.0 Å². The van der Waals surface area contributed by atoms with Crippen molar-refractivity contribution >= 4 is 17.9 Å². The third-order valence-electron chi connectivity index (χ3n) is 3.30. The lowest BCUT2D eigenvalue weighted by Crippen LogP contribution is -2.57. The zero-order valence-corrected chi connectivity index (χ0v) is 11.3. The van der Waals surface area contributed by atoms with Gasteiger partial charge in [0.1, 0.15) is 12.1 Å². The van der Waals surface area contributed by atoms with E-state index >= 15 is 0 Å². The molecule has 4 N–H and O–H groups in total. The number of hydrogen-bond acceptors (Lipinski definition) is 3. The van der Waals surface area contributed by atoms with Crippen LogP contribution in [-0.4, -0.2) is 46.5 Å². The second-order valence-electron chi connectivity index (χ2n) is 5.11. The number of primary amides is 1. The van der Waals surface area contributed by atoms with Crippen LogP contribution in [0.2, 0.25) is 0 Å².